The average Bonchev–Trinajstić information content (AvgIpc) is 2.78. The zero-order valence-corrected chi connectivity index (χ0v) is 17.6. The van der Waals surface area contributed by atoms with Crippen molar-refractivity contribution in [3.8, 4) is 11.6 Å². The second-order valence-electron chi connectivity index (χ2n) is 7.05. The molecule has 1 amide bonds. The van der Waals surface area contributed by atoms with Gasteiger partial charge < -0.3 is 14.2 Å². The van der Waals surface area contributed by atoms with Crippen molar-refractivity contribution in [2.45, 2.75) is 17.9 Å². The first-order chi connectivity index (χ1) is 14.4. The standard InChI is InChI=1S/C20H23N3O6S/c1-14-13-23(16-4-3-7-21-19(16)29-14)20(24)15-5-6-17(27-2)18(12-15)30(25,26)22-8-10-28-11-9-22/h3-7,12,14H,8-11,13H2,1-2H3/t14-/m0/s1. The molecule has 160 valence electrons. The maximum absolute atomic E-state index is 13.3. The highest BCUT2D eigenvalue weighted by atomic mass is 32.2. The molecule has 1 aromatic heterocycles. The van der Waals surface area contributed by atoms with Crippen molar-refractivity contribution in [2.75, 3.05) is 44.9 Å². The number of fused-ring (bicyclic) bond motifs is 1. The third-order valence-electron chi connectivity index (χ3n) is 5.04. The molecule has 1 fully saturated rings. The Bertz CT molecular complexity index is 1050. The fraction of sp³-hybridized carbons (Fsp3) is 0.400. The van der Waals surface area contributed by atoms with E-state index in [1.54, 1.807) is 29.3 Å². The SMILES string of the molecule is COc1ccc(C(=O)N2C[C@H](C)Oc3ncccc32)cc1S(=O)(=O)N1CCOCC1. The summed E-state index contributed by atoms with van der Waals surface area (Å²) in [5.41, 5.74) is 0.792. The number of hydrogen-bond acceptors (Lipinski definition) is 7. The first-order valence-corrected chi connectivity index (χ1v) is 11.1. The van der Waals surface area contributed by atoms with Crippen LogP contribution in [0.15, 0.2) is 41.4 Å². The highest BCUT2D eigenvalue weighted by Gasteiger charge is 2.33. The van der Waals surface area contributed by atoms with Gasteiger partial charge in [-0.25, -0.2) is 13.4 Å². The number of anilines is 1. The Hall–Kier alpha value is -2.69. The van der Waals surface area contributed by atoms with Crippen LogP contribution < -0.4 is 14.4 Å². The van der Waals surface area contributed by atoms with Crippen molar-refractivity contribution in [3.05, 3.63) is 42.1 Å². The van der Waals surface area contributed by atoms with Crippen molar-refractivity contribution in [1.82, 2.24) is 9.29 Å². The third kappa shape index (κ3) is 3.73. The van der Waals surface area contributed by atoms with Crippen LogP contribution in [0.1, 0.15) is 17.3 Å². The van der Waals surface area contributed by atoms with Gasteiger partial charge in [-0.05, 0) is 37.3 Å². The van der Waals surface area contributed by atoms with E-state index in [2.05, 4.69) is 4.98 Å². The van der Waals surface area contributed by atoms with Gasteiger partial charge in [0, 0.05) is 24.8 Å². The molecule has 9 nitrogen and oxygen atoms in total. The second kappa shape index (κ2) is 8.21. The lowest BCUT2D eigenvalue weighted by Crippen LogP contribution is -2.43. The van der Waals surface area contributed by atoms with E-state index in [4.69, 9.17) is 14.2 Å². The van der Waals surface area contributed by atoms with Crippen LogP contribution in [0.4, 0.5) is 5.69 Å². The minimum absolute atomic E-state index is 0.0366. The van der Waals surface area contributed by atoms with Crippen LogP contribution in [0.5, 0.6) is 11.6 Å². The number of aromatic nitrogens is 1. The Morgan fingerprint density at radius 3 is 2.73 bits per heavy atom. The van der Waals surface area contributed by atoms with Crippen LogP contribution in [-0.2, 0) is 14.8 Å². The molecule has 4 rings (SSSR count). The Labute approximate surface area is 175 Å². The van der Waals surface area contributed by atoms with Crippen molar-refractivity contribution in [3.63, 3.8) is 0 Å². The smallest absolute Gasteiger partial charge is 0.258 e. The highest BCUT2D eigenvalue weighted by molar-refractivity contribution is 7.89. The lowest BCUT2D eigenvalue weighted by molar-refractivity contribution is 0.0729. The minimum Gasteiger partial charge on any atom is -0.495 e. The molecule has 0 unspecified atom stereocenters. The summed E-state index contributed by atoms with van der Waals surface area (Å²) in [6.45, 7) is 3.34. The monoisotopic (exact) mass is 433 g/mol. The van der Waals surface area contributed by atoms with Crippen LogP contribution in [0.3, 0.4) is 0 Å². The summed E-state index contributed by atoms with van der Waals surface area (Å²) in [5, 5.41) is 0. The number of amides is 1. The number of sulfonamides is 1. The van der Waals surface area contributed by atoms with Crippen molar-refractivity contribution < 1.29 is 27.4 Å². The number of methoxy groups -OCH3 is 1. The number of carbonyl (C=O) groups is 1. The fourth-order valence-electron chi connectivity index (χ4n) is 3.55. The van der Waals surface area contributed by atoms with E-state index in [9.17, 15) is 13.2 Å². The van der Waals surface area contributed by atoms with Gasteiger partial charge in [-0.3, -0.25) is 9.69 Å². The quantitative estimate of drug-likeness (QED) is 0.721. The molecule has 2 aliphatic rings. The van der Waals surface area contributed by atoms with E-state index in [0.29, 0.717) is 31.3 Å². The molecule has 1 saturated heterocycles. The molecule has 0 N–H and O–H groups in total. The van der Waals surface area contributed by atoms with Gasteiger partial charge in [-0.1, -0.05) is 0 Å². The van der Waals surface area contributed by atoms with Crippen LogP contribution in [0.25, 0.3) is 0 Å². The van der Waals surface area contributed by atoms with Crippen LogP contribution in [-0.4, -0.2) is 69.7 Å². The molecule has 3 heterocycles. The average molecular weight is 433 g/mol. The summed E-state index contributed by atoms with van der Waals surface area (Å²) in [6.07, 6.45) is 1.35. The minimum atomic E-state index is -3.84. The molecule has 0 spiro atoms. The predicted octanol–water partition coefficient (Wildman–Crippen LogP) is 1.54. The van der Waals surface area contributed by atoms with Gasteiger partial charge in [0.15, 0.2) is 0 Å². The van der Waals surface area contributed by atoms with Gasteiger partial charge in [-0.15, -0.1) is 0 Å². The number of nitrogens with zero attached hydrogens (tertiary/aromatic N) is 3. The van der Waals surface area contributed by atoms with Gasteiger partial charge in [0.1, 0.15) is 22.4 Å². The number of pyridine rings is 1. The molecule has 1 aromatic carbocycles. The highest BCUT2D eigenvalue weighted by Crippen LogP contribution is 2.33. The molecule has 10 heteroatoms. The zero-order chi connectivity index (χ0) is 21.3. The van der Waals surface area contributed by atoms with E-state index in [0.717, 1.165) is 0 Å². The Balaban J connectivity index is 1.72. The lowest BCUT2D eigenvalue weighted by atomic mass is 10.1. The molecule has 1 atom stereocenters. The van der Waals surface area contributed by atoms with Gasteiger partial charge in [0.2, 0.25) is 15.9 Å². The summed E-state index contributed by atoms with van der Waals surface area (Å²) in [4.78, 5) is 19.0. The first kappa shape index (κ1) is 20.6. The lowest BCUT2D eigenvalue weighted by Gasteiger charge is -2.32. The molecule has 0 radical (unpaired) electrons. The first-order valence-electron chi connectivity index (χ1n) is 9.61. The summed E-state index contributed by atoms with van der Waals surface area (Å²) in [6, 6.07) is 7.92. The summed E-state index contributed by atoms with van der Waals surface area (Å²) < 4.78 is 44.0. The fourth-order valence-corrected chi connectivity index (χ4v) is 5.14. The Morgan fingerprint density at radius 1 is 1.23 bits per heavy atom. The van der Waals surface area contributed by atoms with Gasteiger partial charge in [0.25, 0.3) is 5.91 Å². The normalized spacial score (nSPS) is 19.7. The second-order valence-corrected chi connectivity index (χ2v) is 8.96. The third-order valence-corrected chi connectivity index (χ3v) is 6.96. The van der Waals surface area contributed by atoms with Crippen LogP contribution in [0.2, 0.25) is 0 Å². The maximum atomic E-state index is 13.3. The molecule has 2 aromatic rings. The molecular weight excluding hydrogens is 410 g/mol. The van der Waals surface area contributed by atoms with E-state index in [1.807, 2.05) is 6.92 Å². The van der Waals surface area contributed by atoms with E-state index < -0.39 is 10.0 Å². The zero-order valence-electron chi connectivity index (χ0n) is 16.8. The topological polar surface area (TPSA) is 98.3 Å². The van der Waals surface area contributed by atoms with Gasteiger partial charge >= 0.3 is 0 Å². The number of benzene rings is 1. The molecule has 0 aliphatic carbocycles. The largest absolute Gasteiger partial charge is 0.495 e. The number of hydrogen-bond donors (Lipinski definition) is 0. The molecular formula is C20H23N3O6S. The summed E-state index contributed by atoms with van der Waals surface area (Å²) in [7, 11) is -2.44. The van der Waals surface area contributed by atoms with E-state index in [-0.39, 0.29) is 41.3 Å². The molecule has 0 saturated carbocycles. The Morgan fingerprint density at radius 2 is 2.00 bits per heavy atom. The van der Waals surface area contributed by atoms with Crippen LogP contribution >= 0.6 is 0 Å². The van der Waals surface area contributed by atoms with Crippen molar-refractivity contribution >= 4 is 21.6 Å². The maximum Gasteiger partial charge on any atom is 0.258 e. The summed E-state index contributed by atoms with van der Waals surface area (Å²) >= 11 is 0. The van der Waals surface area contributed by atoms with Crippen molar-refractivity contribution in [1.29, 1.82) is 0 Å². The van der Waals surface area contributed by atoms with Crippen LogP contribution in [0, 0.1) is 0 Å². The van der Waals surface area contributed by atoms with E-state index >= 15 is 0 Å². The van der Waals surface area contributed by atoms with Gasteiger partial charge in [-0.2, -0.15) is 4.31 Å². The number of rotatable bonds is 4. The number of morpholine rings is 1. The summed E-state index contributed by atoms with van der Waals surface area (Å²) in [5.74, 6) is 0.232. The van der Waals surface area contributed by atoms with E-state index in [1.165, 1.54) is 23.5 Å². The Kier molecular flexibility index (Phi) is 5.63. The molecule has 2 aliphatic heterocycles. The van der Waals surface area contributed by atoms with Crippen molar-refractivity contribution in [2.24, 2.45) is 0 Å². The number of carbonyl (C=O) groups excluding carboxylic acids is 1. The molecule has 0 bridgehead atoms. The number of ether oxygens (including phenoxy) is 3. The van der Waals surface area contributed by atoms with Gasteiger partial charge in [0.05, 0.1) is 26.9 Å². The molecule has 30 heavy (non-hydrogen) atoms. The predicted molar refractivity (Wildman–Crippen MR) is 109 cm³/mol.